The van der Waals surface area contributed by atoms with E-state index in [4.69, 9.17) is 21.2 Å². The van der Waals surface area contributed by atoms with Gasteiger partial charge in [0.2, 0.25) is 0 Å². The van der Waals surface area contributed by atoms with E-state index in [9.17, 15) is 0 Å². The molecule has 5 heteroatoms. The summed E-state index contributed by atoms with van der Waals surface area (Å²) in [6, 6.07) is 15.9. The third-order valence-corrected chi connectivity index (χ3v) is 4.95. The third kappa shape index (κ3) is 4.06. The molecule has 0 spiro atoms. The molecule has 0 bridgehead atoms. The van der Waals surface area contributed by atoms with Crippen molar-refractivity contribution in [3.05, 3.63) is 76.0 Å². The Morgan fingerprint density at radius 2 is 1.89 bits per heavy atom. The maximum Gasteiger partial charge on any atom is 0.143 e. The summed E-state index contributed by atoms with van der Waals surface area (Å²) < 4.78 is 5.58. The van der Waals surface area contributed by atoms with Crippen molar-refractivity contribution in [1.29, 1.82) is 0 Å². The maximum atomic E-state index is 8.78. The maximum absolute atomic E-state index is 8.78. The topological polar surface area (TPSA) is 49.5 Å². The summed E-state index contributed by atoms with van der Waals surface area (Å²) in [7, 11) is 0. The average Bonchev–Trinajstić information content (AvgIpc) is 3.11. The van der Waals surface area contributed by atoms with Crippen LogP contribution in [0.25, 0.3) is 11.3 Å². The average molecular weight is 379 g/mol. The Kier molecular flexibility index (Phi) is 5.26. The van der Waals surface area contributed by atoms with Crippen molar-refractivity contribution in [3.63, 3.8) is 0 Å². The minimum Gasteiger partial charge on any atom is -0.384 e. The first-order chi connectivity index (χ1) is 13.2. The standard InChI is InChI=1S/C22H19ClN2O2/c23-19-9-7-18(8-10-19)22-20-15-25(12-11-21(20)27-24-22)14-17-5-3-16(4-6-17)2-1-13-26/h3-10,26H,11-15H2. The number of hydrogen-bond acceptors (Lipinski definition) is 4. The molecule has 1 aliphatic heterocycles. The zero-order chi connectivity index (χ0) is 18.6. The van der Waals surface area contributed by atoms with Gasteiger partial charge >= 0.3 is 0 Å². The second-order valence-corrected chi connectivity index (χ2v) is 6.99. The highest BCUT2D eigenvalue weighted by Crippen LogP contribution is 2.31. The molecule has 0 aliphatic carbocycles. The Bertz CT molecular complexity index is 982. The molecule has 1 aliphatic rings. The van der Waals surface area contributed by atoms with Gasteiger partial charge in [0.05, 0.1) is 0 Å². The SMILES string of the molecule is OCC#Cc1ccc(CN2CCc3onc(-c4ccc(Cl)cc4)c3C2)cc1. The largest absolute Gasteiger partial charge is 0.384 e. The monoisotopic (exact) mass is 378 g/mol. The van der Waals surface area contributed by atoms with Crippen molar-refractivity contribution < 1.29 is 9.63 Å². The van der Waals surface area contributed by atoms with Gasteiger partial charge in [-0.2, -0.15) is 0 Å². The van der Waals surface area contributed by atoms with Crippen LogP contribution in [0.4, 0.5) is 0 Å². The van der Waals surface area contributed by atoms with Crippen molar-refractivity contribution in [3.8, 4) is 23.1 Å². The van der Waals surface area contributed by atoms with Gasteiger partial charge < -0.3 is 9.63 Å². The third-order valence-electron chi connectivity index (χ3n) is 4.70. The molecule has 0 amide bonds. The van der Waals surface area contributed by atoms with Crippen LogP contribution in [0.1, 0.15) is 22.5 Å². The van der Waals surface area contributed by atoms with E-state index in [1.165, 1.54) is 5.56 Å². The van der Waals surface area contributed by atoms with Crippen LogP contribution in [0.3, 0.4) is 0 Å². The number of aliphatic hydroxyl groups is 1. The van der Waals surface area contributed by atoms with Gasteiger partial charge in [-0.15, -0.1) is 0 Å². The second-order valence-electron chi connectivity index (χ2n) is 6.56. The molecule has 0 radical (unpaired) electrons. The number of halogens is 1. The van der Waals surface area contributed by atoms with E-state index in [0.29, 0.717) is 5.02 Å². The molecule has 0 fully saturated rings. The Labute approximate surface area is 163 Å². The number of rotatable bonds is 3. The lowest BCUT2D eigenvalue weighted by molar-refractivity contribution is 0.228. The number of nitrogens with zero attached hydrogens (tertiary/aromatic N) is 2. The fourth-order valence-electron chi connectivity index (χ4n) is 3.33. The number of fused-ring (bicyclic) bond motifs is 1. The second kappa shape index (κ2) is 7.98. The van der Waals surface area contributed by atoms with E-state index >= 15 is 0 Å². The molecule has 27 heavy (non-hydrogen) atoms. The molecular formula is C22H19ClN2O2. The summed E-state index contributed by atoms with van der Waals surface area (Å²) in [5.74, 6) is 6.57. The Morgan fingerprint density at radius 1 is 1.11 bits per heavy atom. The zero-order valence-electron chi connectivity index (χ0n) is 14.8. The first-order valence-electron chi connectivity index (χ1n) is 8.87. The van der Waals surface area contributed by atoms with Gasteiger partial charge in [-0.1, -0.05) is 52.9 Å². The van der Waals surface area contributed by atoms with Gasteiger partial charge in [0.25, 0.3) is 0 Å². The molecular weight excluding hydrogens is 360 g/mol. The zero-order valence-corrected chi connectivity index (χ0v) is 15.5. The first-order valence-corrected chi connectivity index (χ1v) is 9.25. The van der Waals surface area contributed by atoms with E-state index in [2.05, 4.69) is 34.0 Å². The lowest BCUT2D eigenvalue weighted by Gasteiger charge is -2.26. The molecule has 0 saturated heterocycles. The Morgan fingerprint density at radius 3 is 2.63 bits per heavy atom. The van der Waals surface area contributed by atoms with Crippen LogP contribution < -0.4 is 0 Å². The number of aromatic nitrogens is 1. The van der Waals surface area contributed by atoms with Gasteiger partial charge in [-0.3, -0.25) is 4.90 Å². The molecule has 0 atom stereocenters. The normalized spacial score (nSPS) is 13.7. The molecule has 1 N–H and O–H groups in total. The molecule has 0 saturated carbocycles. The molecule has 0 unspecified atom stereocenters. The highest BCUT2D eigenvalue weighted by Gasteiger charge is 2.24. The summed E-state index contributed by atoms with van der Waals surface area (Å²) in [6.07, 6.45) is 0.857. The van der Waals surface area contributed by atoms with Crippen molar-refractivity contribution in [2.24, 2.45) is 0 Å². The minimum atomic E-state index is -0.119. The summed E-state index contributed by atoms with van der Waals surface area (Å²) in [4.78, 5) is 2.40. The first kappa shape index (κ1) is 17.8. The van der Waals surface area contributed by atoms with E-state index in [1.807, 2.05) is 36.4 Å². The number of aliphatic hydroxyl groups excluding tert-OH is 1. The number of benzene rings is 2. The van der Waals surface area contributed by atoms with Crippen LogP contribution in [0.5, 0.6) is 0 Å². The summed E-state index contributed by atoms with van der Waals surface area (Å²) in [6.45, 7) is 2.49. The molecule has 136 valence electrons. The quantitative estimate of drug-likeness (QED) is 0.702. The van der Waals surface area contributed by atoms with E-state index in [1.54, 1.807) is 0 Å². The van der Waals surface area contributed by atoms with Crippen LogP contribution in [0, 0.1) is 11.8 Å². The Hall–Kier alpha value is -2.58. The lowest BCUT2D eigenvalue weighted by Crippen LogP contribution is -2.29. The molecule has 4 nitrogen and oxygen atoms in total. The van der Waals surface area contributed by atoms with Crippen LogP contribution in [0.15, 0.2) is 53.1 Å². The Balaban J connectivity index is 1.49. The fourth-order valence-corrected chi connectivity index (χ4v) is 3.45. The van der Waals surface area contributed by atoms with E-state index in [-0.39, 0.29) is 6.61 Å². The van der Waals surface area contributed by atoms with Gasteiger partial charge in [0.15, 0.2) is 0 Å². The smallest absolute Gasteiger partial charge is 0.143 e. The molecule has 4 rings (SSSR count). The highest BCUT2D eigenvalue weighted by atomic mass is 35.5. The van der Waals surface area contributed by atoms with Gasteiger partial charge in [0, 0.05) is 47.8 Å². The lowest BCUT2D eigenvalue weighted by atomic mass is 10.0. The molecule has 3 aromatic rings. The molecule has 1 aromatic heterocycles. The number of hydrogen-bond donors (Lipinski definition) is 1. The predicted molar refractivity (Wildman–Crippen MR) is 105 cm³/mol. The van der Waals surface area contributed by atoms with Crippen molar-refractivity contribution >= 4 is 11.6 Å². The minimum absolute atomic E-state index is 0.119. The van der Waals surface area contributed by atoms with Gasteiger partial charge in [-0.25, -0.2) is 0 Å². The molecule has 2 aromatic carbocycles. The van der Waals surface area contributed by atoms with Crippen molar-refractivity contribution in [1.82, 2.24) is 10.1 Å². The summed E-state index contributed by atoms with van der Waals surface area (Å²) in [5.41, 5.74) is 5.24. The van der Waals surface area contributed by atoms with E-state index in [0.717, 1.165) is 54.2 Å². The van der Waals surface area contributed by atoms with Crippen LogP contribution in [-0.2, 0) is 19.5 Å². The fraction of sp³-hybridized carbons (Fsp3) is 0.227. The predicted octanol–water partition coefficient (Wildman–Crippen LogP) is 3.90. The molecule has 2 heterocycles. The van der Waals surface area contributed by atoms with Crippen LogP contribution >= 0.6 is 11.6 Å². The van der Waals surface area contributed by atoms with Crippen molar-refractivity contribution in [2.75, 3.05) is 13.2 Å². The van der Waals surface area contributed by atoms with Gasteiger partial charge in [-0.05, 0) is 29.8 Å². The van der Waals surface area contributed by atoms with E-state index < -0.39 is 0 Å². The summed E-state index contributed by atoms with van der Waals surface area (Å²) >= 11 is 6.00. The summed E-state index contributed by atoms with van der Waals surface area (Å²) in [5, 5.41) is 13.8. The van der Waals surface area contributed by atoms with Crippen molar-refractivity contribution in [2.45, 2.75) is 19.5 Å². The van der Waals surface area contributed by atoms with Crippen LogP contribution in [0.2, 0.25) is 5.02 Å². The highest BCUT2D eigenvalue weighted by molar-refractivity contribution is 6.30. The van der Waals surface area contributed by atoms with Gasteiger partial charge in [0.1, 0.15) is 18.1 Å². The van der Waals surface area contributed by atoms with Crippen LogP contribution in [-0.4, -0.2) is 28.3 Å².